The van der Waals surface area contributed by atoms with E-state index in [0.29, 0.717) is 13.2 Å². The highest BCUT2D eigenvalue weighted by atomic mass is 28.4. The average molecular weight is 284 g/mol. The van der Waals surface area contributed by atoms with Crippen molar-refractivity contribution in [3.63, 3.8) is 0 Å². The van der Waals surface area contributed by atoms with Crippen LogP contribution in [0.25, 0.3) is 0 Å². The molecule has 1 aromatic rings. The summed E-state index contributed by atoms with van der Waals surface area (Å²) in [6.45, 7) is 1.13. The van der Waals surface area contributed by atoms with Crippen LogP contribution in [0.15, 0.2) is 30.3 Å². The lowest BCUT2D eigenvalue weighted by atomic mass is 10.1. The van der Waals surface area contributed by atoms with Gasteiger partial charge in [-0.15, -0.1) is 0 Å². The summed E-state index contributed by atoms with van der Waals surface area (Å²) in [5.74, 6) is 0. The van der Waals surface area contributed by atoms with Crippen LogP contribution in [0.3, 0.4) is 0 Å². The highest BCUT2D eigenvalue weighted by molar-refractivity contribution is 6.62. The number of hydrogen-bond acceptors (Lipinski definition) is 5. The molecule has 5 nitrogen and oxygen atoms in total. The van der Waals surface area contributed by atoms with Crippen LogP contribution in [0.2, 0.25) is 5.54 Å². The average Bonchev–Trinajstić information content (AvgIpc) is 2.48. The summed E-state index contributed by atoms with van der Waals surface area (Å²) in [5.41, 5.74) is 6.87. The lowest BCUT2D eigenvalue weighted by molar-refractivity contribution is 0.110. The number of benzene rings is 1. The zero-order valence-electron chi connectivity index (χ0n) is 11.9. The quantitative estimate of drug-likeness (QED) is 0.523. The van der Waals surface area contributed by atoms with Crippen molar-refractivity contribution in [3.05, 3.63) is 35.9 Å². The molecule has 1 rings (SSSR count). The predicted molar refractivity (Wildman–Crippen MR) is 77.7 cm³/mol. The highest BCUT2D eigenvalue weighted by Crippen LogP contribution is 2.27. The van der Waals surface area contributed by atoms with Crippen LogP contribution in [0, 0.1) is 0 Å². The van der Waals surface area contributed by atoms with Crippen molar-refractivity contribution in [2.45, 2.75) is 12.0 Å². The lowest BCUT2D eigenvalue weighted by Gasteiger charge is -2.32. The Kier molecular flexibility index (Phi) is 7.22. The molecule has 6 heteroatoms. The molecule has 0 aliphatic carbocycles. The zero-order valence-corrected chi connectivity index (χ0v) is 12.9. The van der Waals surface area contributed by atoms with E-state index < -0.39 is 8.80 Å². The van der Waals surface area contributed by atoms with Crippen LogP contribution in [0.1, 0.15) is 5.56 Å². The van der Waals surface area contributed by atoms with Gasteiger partial charge in [0.2, 0.25) is 0 Å². The summed E-state index contributed by atoms with van der Waals surface area (Å²) in [7, 11) is 2.23. The molecule has 108 valence electrons. The van der Waals surface area contributed by atoms with Gasteiger partial charge in [0.25, 0.3) is 0 Å². The molecule has 0 saturated heterocycles. The van der Waals surface area contributed by atoms with Crippen molar-refractivity contribution in [2.24, 2.45) is 5.73 Å². The van der Waals surface area contributed by atoms with Crippen LogP contribution in [-0.4, -0.2) is 43.3 Å². The minimum absolute atomic E-state index is 0.124. The van der Waals surface area contributed by atoms with Gasteiger partial charge < -0.3 is 24.3 Å². The van der Waals surface area contributed by atoms with E-state index in [4.69, 9.17) is 19.0 Å². The maximum atomic E-state index is 5.58. The van der Waals surface area contributed by atoms with E-state index in [1.54, 1.807) is 21.3 Å². The molecule has 0 aliphatic rings. The fourth-order valence-corrected chi connectivity index (χ4v) is 4.61. The smallest absolute Gasteiger partial charge is 0.377 e. The van der Waals surface area contributed by atoms with Gasteiger partial charge in [-0.3, -0.25) is 0 Å². The van der Waals surface area contributed by atoms with Crippen LogP contribution in [0.5, 0.6) is 0 Å². The first-order valence-electron chi connectivity index (χ1n) is 6.32. The molecular formula is C13H24N2O3Si. The fraction of sp³-hybridized carbons (Fsp3) is 0.538. The molecule has 0 saturated carbocycles. The summed E-state index contributed by atoms with van der Waals surface area (Å²) < 4.78 is 16.7. The number of rotatable bonds is 9. The Morgan fingerprint density at radius 1 is 1.11 bits per heavy atom. The van der Waals surface area contributed by atoms with Crippen LogP contribution in [0.4, 0.5) is 0 Å². The Balaban J connectivity index is 2.86. The minimum atomic E-state index is -2.68. The first kappa shape index (κ1) is 16.3. The van der Waals surface area contributed by atoms with Gasteiger partial charge in [-0.05, 0) is 12.0 Å². The maximum absolute atomic E-state index is 5.58. The first-order valence-corrected chi connectivity index (χ1v) is 8.12. The molecule has 0 amide bonds. The molecule has 0 spiro atoms. The summed E-state index contributed by atoms with van der Waals surface area (Å²) in [6, 6.07) is 10.2. The van der Waals surface area contributed by atoms with Crippen molar-refractivity contribution in [3.8, 4) is 0 Å². The van der Waals surface area contributed by atoms with Gasteiger partial charge in [0.15, 0.2) is 0 Å². The zero-order chi connectivity index (χ0) is 14.1. The summed E-state index contributed by atoms with van der Waals surface area (Å²) >= 11 is 0. The van der Waals surface area contributed by atoms with Gasteiger partial charge in [-0.1, -0.05) is 30.3 Å². The number of hydrogen-bond donors (Lipinski definition) is 2. The SMILES string of the molecule is CO[Si](OC)(OC)C(CNCN)Cc1ccccc1. The van der Waals surface area contributed by atoms with Gasteiger partial charge in [0, 0.05) is 40.1 Å². The normalized spacial score (nSPS) is 13.5. The van der Waals surface area contributed by atoms with Gasteiger partial charge >= 0.3 is 8.80 Å². The third-order valence-corrected chi connectivity index (χ3v) is 6.33. The fourth-order valence-electron chi connectivity index (χ4n) is 2.23. The van der Waals surface area contributed by atoms with Gasteiger partial charge in [0.05, 0.1) is 0 Å². The standard InChI is InChI=1S/C13H24N2O3Si/c1-16-19(17-2,18-3)13(10-15-11-14)9-12-7-5-4-6-8-12/h4-8,13,15H,9-11,14H2,1-3H3. The largest absolute Gasteiger partial charge is 0.505 e. The van der Waals surface area contributed by atoms with E-state index in [-0.39, 0.29) is 5.54 Å². The molecule has 1 aromatic carbocycles. The minimum Gasteiger partial charge on any atom is -0.377 e. The van der Waals surface area contributed by atoms with Crippen molar-refractivity contribution in [1.29, 1.82) is 0 Å². The van der Waals surface area contributed by atoms with Crippen LogP contribution < -0.4 is 11.1 Å². The molecule has 0 radical (unpaired) electrons. The molecule has 0 aromatic heterocycles. The monoisotopic (exact) mass is 284 g/mol. The molecular weight excluding hydrogens is 260 g/mol. The van der Waals surface area contributed by atoms with E-state index in [9.17, 15) is 0 Å². The van der Waals surface area contributed by atoms with Gasteiger partial charge in [0.1, 0.15) is 0 Å². The maximum Gasteiger partial charge on any atom is 0.505 e. The van der Waals surface area contributed by atoms with E-state index in [2.05, 4.69) is 17.4 Å². The topological polar surface area (TPSA) is 65.7 Å². The van der Waals surface area contributed by atoms with E-state index in [1.165, 1.54) is 5.56 Å². The van der Waals surface area contributed by atoms with Crippen molar-refractivity contribution in [2.75, 3.05) is 34.5 Å². The Morgan fingerprint density at radius 2 is 1.68 bits per heavy atom. The van der Waals surface area contributed by atoms with Crippen molar-refractivity contribution < 1.29 is 13.3 Å². The Morgan fingerprint density at radius 3 is 2.16 bits per heavy atom. The predicted octanol–water partition coefficient (Wildman–Crippen LogP) is 0.983. The second-order valence-corrected chi connectivity index (χ2v) is 7.51. The summed E-state index contributed by atoms with van der Waals surface area (Å²) in [6.07, 6.45) is 0.829. The molecule has 1 unspecified atom stereocenters. The molecule has 0 heterocycles. The number of nitrogens with two attached hydrogens (primary N) is 1. The highest BCUT2D eigenvalue weighted by Gasteiger charge is 2.46. The van der Waals surface area contributed by atoms with Crippen molar-refractivity contribution in [1.82, 2.24) is 5.32 Å². The molecule has 1 atom stereocenters. The molecule has 3 N–H and O–H groups in total. The second kappa shape index (κ2) is 8.42. The summed E-state index contributed by atoms with van der Waals surface area (Å²) in [5, 5.41) is 3.15. The molecule has 19 heavy (non-hydrogen) atoms. The Labute approximate surface area is 116 Å². The molecule has 0 fully saturated rings. The third-order valence-electron chi connectivity index (χ3n) is 3.21. The van der Waals surface area contributed by atoms with E-state index >= 15 is 0 Å². The molecule has 0 aliphatic heterocycles. The van der Waals surface area contributed by atoms with E-state index in [0.717, 1.165) is 6.42 Å². The first-order chi connectivity index (χ1) is 9.22. The van der Waals surface area contributed by atoms with Gasteiger partial charge in [-0.25, -0.2) is 0 Å². The van der Waals surface area contributed by atoms with Crippen LogP contribution >= 0.6 is 0 Å². The van der Waals surface area contributed by atoms with Crippen LogP contribution in [-0.2, 0) is 19.7 Å². The Hall–Kier alpha value is -0.763. The number of nitrogens with one attached hydrogen (secondary N) is 1. The van der Waals surface area contributed by atoms with E-state index in [1.807, 2.05) is 18.2 Å². The van der Waals surface area contributed by atoms with Gasteiger partial charge in [-0.2, -0.15) is 0 Å². The second-order valence-electron chi connectivity index (χ2n) is 4.26. The Bertz CT molecular complexity index is 339. The molecule has 0 bridgehead atoms. The summed E-state index contributed by atoms with van der Waals surface area (Å²) in [4.78, 5) is 0. The van der Waals surface area contributed by atoms with Crippen molar-refractivity contribution >= 4 is 8.80 Å². The third kappa shape index (κ3) is 4.38. The lowest BCUT2D eigenvalue weighted by Crippen LogP contribution is -2.51.